The maximum atomic E-state index is 9.55. The molecule has 3 heteroatoms. The molecule has 3 nitrogen and oxygen atoms in total. The van der Waals surface area contributed by atoms with Gasteiger partial charge in [0.15, 0.2) is 0 Å². The largest absolute Gasteiger partial charge is 0.491 e. The maximum Gasteiger partial charge on any atom is 0.122 e. The molecule has 2 N–H and O–H groups in total. The van der Waals surface area contributed by atoms with Crippen molar-refractivity contribution in [1.82, 2.24) is 5.32 Å². The molecule has 0 amide bonds. The molecular formula is C16H27NO2. The first-order valence-electron chi connectivity index (χ1n) is 6.86. The van der Waals surface area contributed by atoms with E-state index in [1.807, 2.05) is 6.92 Å². The van der Waals surface area contributed by atoms with Crippen molar-refractivity contribution < 1.29 is 9.84 Å². The Morgan fingerprint density at radius 1 is 1.26 bits per heavy atom. The monoisotopic (exact) mass is 265 g/mol. The van der Waals surface area contributed by atoms with Crippen molar-refractivity contribution in [2.24, 2.45) is 0 Å². The van der Waals surface area contributed by atoms with E-state index in [0.717, 1.165) is 11.3 Å². The lowest BCUT2D eigenvalue weighted by Crippen LogP contribution is -2.53. The molecule has 0 aliphatic carbocycles. The third kappa shape index (κ3) is 4.51. The van der Waals surface area contributed by atoms with Gasteiger partial charge < -0.3 is 15.2 Å². The number of nitrogens with one attached hydrogen (secondary N) is 1. The number of aliphatic hydroxyl groups is 1. The van der Waals surface area contributed by atoms with Crippen LogP contribution in [0.4, 0.5) is 0 Å². The van der Waals surface area contributed by atoms with Crippen LogP contribution >= 0.6 is 0 Å². The van der Waals surface area contributed by atoms with Crippen molar-refractivity contribution in [2.75, 3.05) is 13.2 Å². The van der Waals surface area contributed by atoms with Crippen LogP contribution in [0.3, 0.4) is 0 Å². The topological polar surface area (TPSA) is 41.5 Å². The summed E-state index contributed by atoms with van der Waals surface area (Å²) in [6.07, 6.45) is 0. The number of hydrogen-bond acceptors (Lipinski definition) is 3. The summed E-state index contributed by atoms with van der Waals surface area (Å²) in [5.74, 6) is 0.905. The summed E-state index contributed by atoms with van der Waals surface area (Å²) < 4.78 is 5.93. The molecule has 1 aromatic carbocycles. The van der Waals surface area contributed by atoms with Gasteiger partial charge in [-0.15, -0.1) is 0 Å². The summed E-state index contributed by atoms with van der Waals surface area (Å²) in [5, 5.41) is 12.9. The molecule has 108 valence electrons. The van der Waals surface area contributed by atoms with Gasteiger partial charge in [-0.2, -0.15) is 0 Å². The number of benzene rings is 1. The molecule has 0 heterocycles. The van der Waals surface area contributed by atoms with Gasteiger partial charge in [0.25, 0.3) is 0 Å². The SMILES string of the molecule is Cc1cc(C)c(C)c(OCC(C)(CO)NC(C)C)c1. The van der Waals surface area contributed by atoms with Crippen LogP contribution in [0, 0.1) is 20.8 Å². The minimum atomic E-state index is -0.418. The zero-order valence-electron chi connectivity index (χ0n) is 13.0. The molecule has 0 fully saturated rings. The molecule has 0 bridgehead atoms. The third-order valence-electron chi connectivity index (χ3n) is 3.30. The Kier molecular flexibility index (Phi) is 5.39. The molecule has 0 spiro atoms. The van der Waals surface area contributed by atoms with Crippen molar-refractivity contribution >= 4 is 0 Å². The van der Waals surface area contributed by atoms with E-state index in [2.05, 4.69) is 52.1 Å². The van der Waals surface area contributed by atoms with Crippen molar-refractivity contribution in [3.8, 4) is 5.75 Å². The summed E-state index contributed by atoms with van der Waals surface area (Å²) in [7, 11) is 0. The first-order valence-corrected chi connectivity index (χ1v) is 6.86. The standard InChI is InChI=1S/C16H27NO2/c1-11(2)17-16(6,9-18)10-19-15-8-12(3)7-13(4)14(15)5/h7-8,11,17-18H,9-10H2,1-6H3. The average molecular weight is 265 g/mol. The average Bonchev–Trinajstić information content (AvgIpc) is 2.31. The van der Waals surface area contributed by atoms with Gasteiger partial charge in [0.05, 0.1) is 12.1 Å². The van der Waals surface area contributed by atoms with Crippen LogP contribution in [-0.2, 0) is 0 Å². The fraction of sp³-hybridized carbons (Fsp3) is 0.625. The molecule has 0 aromatic heterocycles. The number of rotatable bonds is 6. The summed E-state index contributed by atoms with van der Waals surface area (Å²) in [6.45, 7) is 12.8. The van der Waals surface area contributed by atoms with Gasteiger partial charge >= 0.3 is 0 Å². The number of aryl methyl sites for hydroxylation is 2. The molecule has 0 aliphatic rings. The fourth-order valence-electron chi connectivity index (χ4n) is 2.22. The fourth-order valence-corrected chi connectivity index (χ4v) is 2.22. The molecule has 0 radical (unpaired) electrons. The second kappa shape index (κ2) is 6.40. The predicted octanol–water partition coefficient (Wildman–Crippen LogP) is 2.74. The third-order valence-corrected chi connectivity index (χ3v) is 3.30. The second-order valence-corrected chi connectivity index (χ2v) is 6.01. The quantitative estimate of drug-likeness (QED) is 0.831. The van der Waals surface area contributed by atoms with Gasteiger partial charge in [-0.3, -0.25) is 0 Å². The highest BCUT2D eigenvalue weighted by atomic mass is 16.5. The number of aliphatic hydroxyl groups excluding tert-OH is 1. The minimum absolute atomic E-state index is 0.0506. The summed E-state index contributed by atoms with van der Waals surface area (Å²) in [4.78, 5) is 0. The van der Waals surface area contributed by atoms with E-state index in [1.54, 1.807) is 0 Å². The second-order valence-electron chi connectivity index (χ2n) is 6.01. The van der Waals surface area contributed by atoms with Crippen LogP contribution in [0.5, 0.6) is 5.75 Å². The van der Waals surface area contributed by atoms with E-state index in [0.29, 0.717) is 12.6 Å². The minimum Gasteiger partial charge on any atom is -0.491 e. The smallest absolute Gasteiger partial charge is 0.122 e. The van der Waals surface area contributed by atoms with Crippen molar-refractivity contribution in [1.29, 1.82) is 0 Å². The van der Waals surface area contributed by atoms with Crippen molar-refractivity contribution in [2.45, 2.75) is 53.1 Å². The van der Waals surface area contributed by atoms with Gasteiger partial charge in [0.2, 0.25) is 0 Å². The van der Waals surface area contributed by atoms with E-state index >= 15 is 0 Å². The van der Waals surface area contributed by atoms with Crippen LogP contribution in [-0.4, -0.2) is 29.9 Å². The highest BCUT2D eigenvalue weighted by molar-refractivity contribution is 5.42. The van der Waals surface area contributed by atoms with E-state index in [1.165, 1.54) is 11.1 Å². The summed E-state index contributed by atoms with van der Waals surface area (Å²) in [6, 6.07) is 4.51. The van der Waals surface area contributed by atoms with Crippen LogP contribution < -0.4 is 10.1 Å². The highest BCUT2D eigenvalue weighted by Crippen LogP contribution is 2.24. The molecule has 1 rings (SSSR count). The van der Waals surface area contributed by atoms with E-state index in [4.69, 9.17) is 4.74 Å². The molecule has 0 saturated carbocycles. The number of ether oxygens (including phenoxy) is 1. The van der Waals surface area contributed by atoms with Crippen LogP contribution in [0.2, 0.25) is 0 Å². The lowest BCUT2D eigenvalue weighted by molar-refractivity contribution is 0.108. The lowest BCUT2D eigenvalue weighted by Gasteiger charge is -2.31. The Bertz CT molecular complexity index is 429. The normalized spacial score (nSPS) is 14.5. The first kappa shape index (κ1) is 16.0. The maximum absolute atomic E-state index is 9.55. The molecule has 1 aromatic rings. The molecular weight excluding hydrogens is 238 g/mol. The Hall–Kier alpha value is -1.06. The number of hydrogen-bond donors (Lipinski definition) is 2. The van der Waals surface area contributed by atoms with Gasteiger partial charge in [0.1, 0.15) is 12.4 Å². The summed E-state index contributed by atoms with van der Waals surface area (Å²) in [5.41, 5.74) is 3.17. The van der Waals surface area contributed by atoms with E-state index < -0.39 is 5.54 Å². The molecule has 0 aliphatic heterocycles. The van der Waals surface area contributed by atoms with Crippen LogP contribution in [0.15, 0.2) is 12.1 Å². The summed E-state index contributed by atoms with van der Waals surface area (Å²) >= 11 is 0. The van der Waals surface area contributed by atoms with E-state index in [9.17, 15) is 5.11 Å². The van der Waals surface area contributed by atoms with Crippen molar-refractivity contribution in [3.63, 3.8) is 0 Å². The van der Waals surface area contributed by atoms with E-state index in [-0.39, 0.29) is 6.61 Å². The Balaban J connectivity index is 2.80. The predicted molar refractivity (Wildman–Crippen MR) is 79.9 cm³/mol. The zero-order valence-corrected chi connectivity index (χ0v) is 13.0. The van der Waals surface area contributed by atoms with Gasteiger partial charge in [0, 0.05) is 6.04 Å². The molecule has 1 unspecified atom stereocenters. The van der Waals surface area contributed by atoms with Crippen molar-refractivity contribution in [3.05, 3.63) is 28.8 Å². The first-order chi connectivity index (χ1) is 8.77. The highest BCUT2D eigenvalue weighted by Gasteiger charge is 2.25. The Labute approximate surface area is 117 Å². The lowest BCUT2D eigenvalue weighted by atomic mass is 10.0. The molecule has 1 atom stereocenters. The van der Waals surface area contributed by atoms with Gasteiger partial charge in [-0.25, -0.2) is 0 Å². The zero-order chi connectivity index (χ0) is 14.6. The van der Waals surface area contributed by atoms with Crippen LogP contribution in [0.25, 0.3) is 0 Å². The Morgan fingerprint density at radius 3 is 2.42 bits per heavy atom. The van der Waals surface area contributed by atoms with Gasteiger partial charge in [-0.05, 0) is 50.5 Å². The van der Waals surface area contributed by atoms with Crippen LogP contribution in [0.1, 0.15) is 37.5 Å². The van der Waals surface area contributed by atoms with Gasteiger partial charge in [-0.1, -0.05) is 19.9 Å². The molecule has 19 heavy (non-hydrogen) atoms. The molecule has 0 saturated heterocycles. The Morgan fingerprint density at radius 2 is 1.89 bits per heavy atom.